The molecule has 0 bridgehead atoms. The molecule has 0 amide bonds. The van der Waals surface area contributed by atoms with Crippen molar-refractivity contribution in [2.75, 3.05) is 6.54 Å². The third-order valence-electron chi connectivity index (χ3n) is 6.36. The average molecular weight is 470 g/mol. The van der Waals surface area contributed by atoms with Gasteiger partial charge < -0.3 is 5.32 Å². The van der Waals surface area contributed by atoms with Crippen molar-refractivity contribution in [3.8, 4) is 11.1 Å². The molecule has 3 aromatic rings. The molecule has 0 aliphatic carbocycles. The molecule has 172 valence electrons. The summed E-state index contributed by atoms with van der Waals surface area (Å²) in [7, 11) is 0. The van der Waals surface area contributed by atoms with E-state index in [1.165, 1.54) is 17.7 Å². The second-order valence-electron chi connectivity index (χ2n) is 9.29. The van der Waals surface area contributed by atoms with Gasteiger partial charge >= 0.3 is 6.18 Å². The number of hydrogen-bond donors (Lipinski definition) is 1. The zero-order valence-electron chi connectivity index (χ0n) is 18.7. The molecule has 1 heterocycles. The van der Waals surface area contributed by atoms with Crippen LogP contribution in [0.15, 0.2) is 78.9 Å². The van der Waals surface area contributed by atoms with Gasteiger partial charge in [-0.3, -0.25) is 0 Å². The third-order valence-corrected chi connectivity index (χ3v) is 6.60. The van der Waals surface area contributed by atoms with E-state index in [1.54, 1.807) is 6.07 Å². The molecule has 0 saturated carbocycles. The Bertz CT molecular complexity index is 1150. The summed E-state index contributed by atoms with van der Waals surface area (Å²) in [4.78, 5) is 0. The molecule has 1 N–H and O–H groups in total. The molecule has 0 fully saturated rings. The molecule has 0 saturated heterocycles. The quantitative estimate of drug-likeness (QED) is 0.397. The molecule has 0 radical (unpaired) electrons. The number of hydrogen-bond acceptors (Lipinski definition) is 1. The van der Waals surface area contributed by atoms with Crippen molar-refractivity contribution >= 4 is 17.2 Å². The van der Waals surface area contributed by atoms with E-state index >= 15 is 0 Å². The highest BCUT2D eigenvalue weighted by Gasteiger charge is 2.31. The van der Waals surface area contributed by atoms with Gasteiger partial charge in [0, 0.05) is 17.6 Å². The third kappa shape index (κ3) is 5.69. The van der Waals surface area contributed by atoms with E-state index in [1.807, 2.05) is 30.3 Å². The molecule has 1 aliphatic heterocycles. The summed E-state index contributed by atoms with van der Waals surface area (Å²) < 4.78 is 39.4. The zero-order valence-corrected chi connectivity index (χ0v) is 19.5. The Morgan fingerprint density at radius 2 is 1.55 bits per heavy atom. The minimum atomic E-state index is -4.33. The zero-order chi connectivity index (χ0) is 23.6. The maximum absolute atomic E-state index is 13.1. The monoisotopic (exact) mass is 469 g/mol. The van der Waals surface area contributed by atoms with Crippen LogP contribution in [0.5, 0.6) is 0 Å². The molecule has 1 unspecified atom stereocenters. The maximum Gasteiger partial charge on any atom is 0.416 e. The Morgan fingerprint density at radius 1 is 0.848 bits per heavy atom. The van der Waals surface area contributed by atoms with Crippen LogP contribution < -0.4 is 5.32 Å². The van der Waals surface area contributed by atoms with Gasteiger partial charge in [0.2, 0.25) is 0 Å². The van der Waals surface area contributed by atoms with Gasteiger partial charge in [-0.05, 0) is 70.3 Å². The van der Waals surface area contributed by atoms with Crippen LogP contribution in [-0.2, 0) is 11.6 Å². The molecule has 1 nitrogen and oxygen atoms in total. The van der Waals surface area contributed by atoms with E-state index < -0.39 is 11.7 Å². The van der Waals surface area contributed by atoms with Crippen molar-refractivity contribution in [3.05, 3.63) is 101 Å². The molecule has 1 aliphatic rings. The van der Waals surface area contributed by atoms with E-state index in [0.717, 1.165) is 29.2 Å². The predicted octanol–water partition coefficient (Wildman–Crippen LogP) is 8.14. The summed E-state index contributed by atoms with van der Waals surface area (Å²) in [5.74, 6) is 0. The van der Waals surface area contributed by atoms with Gasteiger partial charge in [0.25, 0.3) is 0 Å². The summed E-state index contributed by atoms with van der Waals surface area (Å²) in [6, 6.07) is 22.2. The lowest BCUT2D eigenvalue weighted by molar-refractivity contribution is -0.137. The Morgan fingerprint density at radius 3 is 2.24 bits per heavy atom. The molecule has 3 aromatic carbocycles. The number of nitrogens with one attached hydrogen (secondary N) is 1. The molecule has 0 spiro atoms. The van der Waals surface area contributed by atoms with Gasteiger partial charge in [-0.1, -0.05) is 80.1 Å². The van der Waals surface area contributed by atoms with Gasteiger partial charge in [0.05, 0.1) is 5.56 Å². The summed E-state index contributed by atoms with van der Waals surface area (Å²) in [6.07, 6.45) is -0.758. The first-order chi connectivity index (χ1) is 15.6. The first kappa shape index (κ1) is 23.6. The highest BCUT2D eigenvalue weighted by molar-refractivity contribution is 6.30. The van der Waals surface area contributed by atoms with Crippen LogP contribution in [0.25, 0.3) is 16.7 Å². The molecule has 4 rings (SSSR count). The number of benzene rings is 3. The largest absolute Gasteiger partial charge is 0.416 e. The van der Waals surface area contributed by atoms with Crippen molar-refractivity contribution < 1.29 is 13.2 Å². The van der Waals surface area contributed by atoms with Gasteiger partial charge in [-0.15, -0.1) is 0 Å². The molecule has 5 heteroatoms. The fourth-order valence-corrected chi connectivity index (χ4v) is 4.75. The van der Waals surface area contributed by atoms with E-state index in [9.17, 15) is 13.2 Å². The summed E-state index contributed by atoms with van der Waals surface area (Å²) in [5.41, 5.74) is 4.35. The molecule has 33 heavy (non-hydrogen) atoms. The van der Waals surface area contributed by atoms with E-state index in [0.29, 0.717) is 23.6 Å². The van der Waals surface area contributed by atoms with E-state index in [-0.39, 0.29) is 11.5 Å². The number of rotatable bonds is 5. The second-order valence-corrected chi connectivity index (χ2v) is 9.73. The van der Waals surface area contributed by atoms with Crippen LogP contribution >= 0.6 is 11.6 Å². The highest BCUT2D eigenvalue weighted by atomic mass is 35.5. The van der Waals surface area contributed by atoms with Gasteiger partial charge in [-0.25, -0.2) is 0 Å². The summed E-state index contributed by atoms with van der Waals surface area (Å²) >= 11 is 6.13. The molecular formula is C28H27ClF3N. The van der Waals surface area contributed by atoms with Crippen LogP contribution in [-0.4, -0.2) is 12.6 Å². The fraction of sp³-hybridized carbons (Fsp3) is 0.286. The van der Waals surface area contributed by atoms with Gasteiger partial charge in [0.15, 0.2) is 0 Å². The Labute approximate surface area is 198 Å². The van der Waals surface area contributed by atoms with Crippen molar-refractivity contribution in [2.24, 2.45) is 0 Å². The lowest BCUT2D eigenvalue weighted by atomic mass is 9.76. The molecule has 1 atom stereocenters. The second kappa shape index (κ2) is 9.36. The van der Waals surface area contributed by atoms with Crippen molar-refractivity contribution in [2.45, 2.75) is 44.3 Å². The van der Waals surface area contributed by atoms with Crippen LogP contribution in [0, 0.1) is 0 Å². The Hall–Kier alpha value is -2.56. The molecule has 0 aromatic heterocycles. The smallest absolute Gasteiger partial charge is 0.310 e. The normalized spacial score (nSPS) is 17.0. The van der Waals surface area contributed by atoms with Crippen LogP contribution in [0.1, 0.15) is 43.4 Å². The van der Waals surface area contributed by atoms with E-state index in [4.69, 9.17) is 11.6 Å². The van der Waals surface area contributed by atoms with Crippen LogP contribution in [0.2, 0.25) is 5.02 Å². The topological polar surface area (TPSA) is 12.0 Å². The first-order valence-corrected chi connectivity index (χ1v) is 11.5. The molecular weight excluding hydrogens is 443 g/mol. The highest BCUT2D eigenvalue weighted by Crippen LogP contribution is 2.36. The fourth-order valence-electron chi connectivity index (χ4n) is 4.56. The van der Waals surface area contributed by atoms with Crippen molar-refractivity contribution in [3.63, 3.8) is 0 Å². The first-order valence-electron chi connectivity index (χ1n) is 11.1. The number of halogens is 4. The maximum atomic E-state index is 13.1. The van der Waals surface area contributed by atoms with E-state index in [2.05, 4.69) is 43.4 Å². The van der Waals surface area contributed by atoms with Crippen LogP contribution in [0.3, 0.4) is 0 Å². The number of alkyl halides is 3. The predicted molar refractivity (Wildman–Crippen MR) is 130 cm³/mol. The van der Waals surface area contributed by atoms with Gasteiger partial charge in [-0.2, -0.15) is 13.2 Å². The minimum Gasteiger partial charge on any atom is -0.310 e. The standard InChI is InChI=1S/C28H27ClF3N/c1-27(2,23-11-9-19(10-12-23)21-6-4-8-25(29)16-21)18-26-17-22(13-14-33-26)20-5-3-7-24(15-20)28(30,31)32/h3-13,15-16,26,33H,14,17-18H2,1-2H3. The lowest BCUT2D eigenvalue weighted by Crippen LogP contribution is -2.38. The van der Waals surface area contributed by atoms with Crippen LogP contribution in [0.4, 0.5) is 13.2 Å². The van der Waals surface area contributed by atoms with Gasteiger partial charge in [0.1, 0.15) is 0 Å². The SMILES string of the molecule is CC(C)(CC1CC(c2cccc(C(F)(F)F)c2)=CCN1)c1ccc(-c2cccc(Cl)c2)cc1. The lowest BCUT2D eigenvalue weighted by Gasteiger charge is -2.33. The summed E-state index contributed by atoms with van der Waals surface area (Å²) in [6.45, 7) is 5.08. The van der Waals surface area contributed by atoms with Crippen molar-refractivity contribution in [1.82, 2.24) is 5.32 Å². The average Bonchev–Trinajstić information content (AvgIpc) is 2.79. The Balaban J connectivity index is 1.47. The Kier molecular flexibility index (Phi) is 6.69. The summed E-state index contributed by atoms with van der Waals surface area (Å²) in [5, 5.41) is 4.23. The van der Waals surface area contributed by atoms with Crippen molar-refractivity contribution in [1.29, 1.82) is 0 Å². The minimum absolute atomic E-state index is 0.0964.